The normalized spacial score (nSPS) is 26.6. The molecule has 202 valence electrons. The first-order valence-electron chi connectivity index (χ1n) is 14.0. The van der Waals surface area contributed by atoms with Crippen LogP contribution >= 0.6 is 0 Å². The van der Waals surface area contributed by atoms with Crippen LogP contribution in [0.4, 0.5) is 0 Å². The summed E-state index contributed by atoms with van der Waals surface area (Å²) in [4.78, 5) is 26.8. The van der Waals surface area contributed by atoms with E-state index in [4.69, 9.17) is 4.74 Å². The Morgan fingerprint density at radius 2 is 1.37 bits per heavy atom. The largest absolute Gasteiger partial charge is 0.481 e. The van der Waals surface area contributed by atoms with Crippen LogP contribution in [-0.4, -0.2) is 56.4 Å². The Bertz CT molecular complexity index is 698. The van der Waals surface area contributed by atoms with E-state index in [0.717, 1.165) is 6.54 Å². The van der Waals surface area contributed by atoms with E-state index in [-0.39, 0.29) is 30.0 Å². The highest BCUT2D eigenvalue weighted by Gasteiger charge is 2.55. The van der Waals surface area contributed by atoms with Gasteiger partial charge < -0.3 is 14.9 Å². The van der Waals surface area contributed by atoms with E-state index in [2.05, 4.69) is 39.5 Å². The molecule has 2 rings (SSSR count). The molecular formula is C29H51NO5. The van der Waals surface area contributed by atoms with Gasteiger partial charge in [-0.3, -0.25) is 9.69 Å². The van der Waals surface area contributed by atoms with Crippen molar-refractivity contribution in [3.8, 4) is 0 Å². The number of carbonyl (C=O) groups is 2. The summed E-state index contributed by atoms with van der Waals surface area (Å²) in [6.07, 6.45) is 18.0. The summed E-state index contributed by atoms with van der Waals surface area (Å²) < 4.78 is 6.32. The van der Waals surface area contributed by atoms with Crippen LogP contribution in [0.1, 0.15) is 125 Å². The number of piperidine rings is 1. The molecule has 0 saturated carbocycles. The molecular weight excluding hydrogens is 442 g/mol. The predicted molar refractivity (Wildman–Crippen MR) is 141 cm³/mol. The Hall–Kier alpha value is -1.40. The van der Waals surface area contributed by atoms with Crippen molar-refractivity contribution in [3.05, 3.63) is 12.2 Å². The molecule has 0 bridgehead atoms. The van der Waals surface area contributed by atoms with Crippen LogP contribution in [0.3, 0.4) is 0 Å². The third-order valence-corrected chi connectivity index (χ3v) is 8.21. The van der Waals surface area contributed by atoms with Crippen molar-refractivity contribution in [2.45, 2.75) is 147 Å². The smallest absolute Gasteiger partial charge is 0.337 e. The number of aliphatic carboxylic acids is 2. The summed E-state index contributed by atoms with van der Waals surface area (Å²) in [6, 6.07) is 0. The molecule has 1 aliphatic heterocycles. The van der Waals surface area contributed by atoms with Gasteiger partial charge in [0.05, 0.1) is 6.10 Å². The maximum atomic E-state index is 12.3. The molecule has 2 N–H and O–H groups in total. The second kappa shape index (κ2) is 13.2. The highest BCUT2D eigenvalue weighted by molar-refractivity contribution is 5.86. The number of likely N-dealkylation sites (tertiary alicyclic amines) is 1. The lowest BCUT2D eigenvalue weighted by molar-refractivity contribution is -0.207. The van der Waals surface area contributed by atoms with E-state index in [1.54, 1.807) is 12.2 Å². The summed E-state index contributed by atoms with van der Waals surface area (Å²) in [5, 5.41) is 19.8. The quantitative estimate of drug-likeness (QED) is 0.192. The Morgan fingerprint density at radius 1 is 0.857 bits per heavy atom. The van der Waals surface area contributed by atoms with Crippen molar-refractivity contribution in [2.24, 2.45) is 5.92 Å². The summed E-state index contributed by atoms with van der Waals surface area (Å²) >= 11 is 0. The van der Waals surface area contributed by atoms with E-state index in [1.165, 1.54) is 64.2 Å². The van der Waals surface area contributed by atoms with Crippen molar-refractivity contribution >= 4 is 11.9 Å². The van der Waals surface area contributed by atoms with E-state index in [0.29, 0.717) is 12.8 Å². The van der Waals surface area contributed by atoms with Crippen molar-refractivity contribution in [1.29, 1.82) is 0 Å². The van der Waals surface area contributed by atoms with E-state index < -0.39 is 23.5 Å². The Kier molecular flexibility index (Phi) is 11.3. The first-order chi connectivity index (χ1) is 16.5. The molecule has 1 fully saturated rings. The Labute approximate surface area is 213 Å². The molecule has 1 heterocycles. The number of carboxylic acids is 2. The van der Waals surface area contributed by atoms with Gasteiger partial charge in [0.1, 0.15) is 5.92 Å². The molecule has 0 aromatic carbocycles. The number of carboxylic acid groups (broad SMARTS) is 2. The van der Waals surface area contributed by atoms with Gasteiger partial charge in [-0.25, -0.2) is 4.79 Å². The number of allylic oxidation sites excluding steroid dienone is 1. The second-order valence-electron chi connectivity index (χ2n) is 12.1. The lowest BCUT2D eigenvalue weighted by atomic mass is 9.75. The zero-order valence-corrected chi connectivity index (χ0v) is 23.0. The molecule has 0 radical (unpaired) electrons. The minimum Gasteiger partial charge on any atom is -0.481 e. The predicted octanol–water partition coefficient (Wildman–Crippen LogP) is 6.82. The van der Waals surface area contributed by atoms with Gasteiger partial charge in [0.2, 0.25) is 0 Å². The third kappa shape index (κ3) is 8.04. The fourth-order valence-corrected chi connectivity index (χ4v) is 6.51. The number of unbranched alkanes of at least 4 members (excludes halogenated alkanes) is 9. The molecule has 1 aliphatic carbocycles. The highest BCUT2D eigenvalue weighted by Crippen LogP contribution is 2.44. The average Bonchev–Trinajstić information content (AvgIpc) is 2.75. The standard InChI is InChI=1S/C29H51NO5/c1-6-7-8-9-10-11-12-13-14-17-20-30-27(2,3)21-23(22-28(30,4)5)35-29(26(33)34)19-16-15-18-24(29)25(31)32/h15-16,23-24H,6-14,17-22H2,1-5H3,(H,31,32)(H,33,34). The monoisotopic (exact) mass is 493 g/mol. The molecule has 6 nitrogen and oxygen atoms in total. The summed E-state index contributed by atoms with van der Waals surface area (Å²) in [5.41, 5.74) is -2.01. The number of ether oxygens (including phenoxy) is 1. The van der Waals surface area contributed by atoms with Crippen molar-refractivity contribution < 1.29 is 24.5 Å². The van der Waals surface area contributed by atoms with Gasteiger partial charge in [-0.05, 0) is 59.9 Å². The van der Waals surface area contributed by atoms with E-state index in [1.807, 2.05) is 0 Å². The highest BCUT2D eigenvalue weighted by atomic mass is 16.5. The maximum absolute atomic E-state index is 12.3. The molecule has 2 aliphatic rings. The number of rotatable bonds is 15. The van der Waals surface area contributed by atoms with Gasteiger partial charge in [-0.15, -0.1) is 0 Å². The van der Waals surface area contributed by atoms with Crippen LogP contribution in [0.15, 0.2) is 12.2 Å². The average molecular weight is 494 g/mol. The van der Waals surface area contributed by atoms with Crippen molar-refractivity contribution in [1.82, 2.24) is 4.90 Å². The van der Waals surface area contributed by atoms with Crippen LogP contribution in [0, 0.1) is 5.92 Å². The fraction of sp³-hybridized carbons (Fsp3) is 0.862. The molecule has 0 aromatic heterocycles. The van der Waals surface area contributed by atoms with Crippen LogP contribution in [0.5, 0.6) is 0 Å². The lowest BCUT2D eigenvalue weighted by Gasteiger charge is -2.56. The Balaban J connectivity index is 1.91. The van der Waals surface area contributed by atoms with Crippen molar-refractivity contribution in [2.75, 3.05) is 6.54 Å². The molecule has 1 saturated heterocycles. The first-order valence-corrected chi connectivity index (χ1v) is 14.0. The number of hydrogen-bond acceptors (Lipinski definition) is 4. The molecule has 0 spiro atoms. The van der Waals surface area contributed by atoms with Gasteiger partial charge in [0.15, 0.2) is 5.60 Å². The SMILES string of the molecule is CCCCCCCCCCCCN1C(C)(C)CC(OC2(C(=O)O)CC=CCC2C(=O)O)CC1(C)C. The van der Waals surface area contributed by atoms with Gasteiger partial charge in [0, 0.05) is 17.5 Å². The fourth-order valence-electron chi connectivity index (χ4n) is 6.51. The number of nitrogens with zero attached hydrogens (tertiary/aromatic N) is 1. The van der Waals surface area contributed by atoms with Gasteiger partial charge >= 0.3 is 11.9 Å². The summed E-state index contributed by atoms with van der Waals surface area (Å²) in [5.74, 6) is -3.34. The zero-order chi connectivity index (χ0) is 26.1. The van der Waals surface area contributed by atoms with Gasteiger partial charge in [0.25, 0.3) is 0 Å². The van der Waals surface area contributed by atoms with Crippen molar-refractivity contribution in [3.63, 3.8) is 0 Å². The molecule has 0 amide bonds. The van der Waals surface area contributed by atoms with E-state index >= 15 is 0 Å². The maximum Gasteiger partial charge on any atom is 0.337 e. The third-order valence-electron chi connectivity index (χ3n) is 8.21. The van der Waals surface area contributed by atoms with Crippen LogP contribution < -0.4 is 0 Å². The van der Waals surface area contributed by atoms with E-state index in [9.17, 15) is 19.8 Å². The summed E-state index contributed by atoms with van der Waals surface area (Å²) in [7, 11) is 0. The summed E-state index contributed by atoms with van der Waals surface area (Å²) in [6.45, 7) is 12.1. The molecule has 6 heteroatoms. The van der Waals surface area contributed by atoms with Crippen LogP contribution in [0.2, 0.25) is 0 Å². The molecule has 2 unspecified atom stereocenters. The van der Waals surface area contributed by atoms with Crippen LogP contribution in [-0.2, 0) is 14.3 Å². The van der Waals surface area contributed by atoms with Gasteiger partial charge in [-0.2, -0.15) is 0 Å². The second-order valence-corrected chi connectivity index (χ2v) is 12.1. The minimum absolute atomic E-state index is 0.0962. The lowest BCUT2D eigenvalue weighted by Crippen LogP contribution is -2.64. The molecule has 2 atom stereocenters. The number of hydrogen-bond donors (Lipinski definition) is 2. The topological polar surface area (TPSA) is 87.1 Å². The van der Waals surface area contributed by atoms with Crippen LogP contribution in [0.25, 0.3) is 0 Å². The molecule has 35 heavy (non-hydrogen) atoms. The molecule has 0 aromatic rings. The van der Waals surface area contributed by atoms with Gasteiger partial charge in [-0.1, -0.05) is 76.9 Å². The zero-order valence-electron chi connectivity index (χ0n) is 23.0. The minimum atomic E-state index is -1.70. The first kappa shape index (κ1) is 29.8. The Morgan fingerprint density at radius 3 is 1.86 bits per heavy atom.